The Kier molecular flexibility index (Phi) is 4.24. The van der Waals surface area contributed by atoms with Gasteiger partial charge in [-0.25, -0.2) is 0 Å². The second-order valence-electron chi connectivity index (χ2n) is 5.90. The van der Waals surface area contributed by atoms with Crippen LogP contribution < -0.4 is 14.8 Å². The number of hydrogen-bond acceptors (Lipinski definition) is 3. The quantitative estimate of drug-likeness (QED) is 0.891. The van der Waals surface area contributed by atoms with Gasteiger partial charge in [0.15, 0.2) is 11.5 Å². The number of rotatable bonds is 6. The molecule has 0 heterocycles. The Labute approximate surface area is 136 Å². The van der Waals surface area contributed by atoms with E-state index in [0.29, 0.717) is 12.1 Å². The third-order valence-corrected chi connectivity index (χ3v) is 4.47. The van der Waals surface area contributed by atoms with E-state index in [9.17, 15) is 4.79 Å². The Balaban J connectivity index is 1.72. The van der Waals surface area contributed by atoms with Crippen molar-refractivity contribution in [3.05, 3.63) is 59.7 Å². The maximum atomic E-state index is 12.2. The van der Waals surface area contributed by atoms with Gasteiger partial charge in [0.25, 0.3) is 5.91 Å². The Morgan fingerprint density at radius 1 is 1.04 bits per heavy atom. The Morgan fingerprint density at radius 3 is 2.35 bits per heavy atom. The molecule has 0 bridgehead atoms. The van der Waals surface area contributed by atoms with Gasteiger partial charge in [0, 0.05) is 17.5 Å². The van der Waals surface area contributed by atoms with Gasteiger partial charge in [-0.3, -0.25) is 4.79 Å². The molecule has 0 aromatic heterocycles. The number of methoxy groups -OCH3 is 2. The molecule has 1 amide bonds. The summed E-state index contributed by atoms with van der Waals surface area (Å²) in [7, 11) is 3.27. The Morgan fingerprint density at radius 2 is 1.74 bits per heavy atom. The molecule has 1 fully saturated rings. The van der Waals surface area contributed by atoms with Gasteiger partial charge in [-0.1, -0.05) is 24.3 Å². The van der Waals surface area contributed by atoms with E-state index in [1.54, 1.807) is 14.2 Å². The predicted molar refractivity (Wildman–Crippen MR) is 89.2 cm³/mol. The van der Waals surface area contributed by atoms with Crippen LogP contribution in [0.15, 0.2) is 48.5 Å². The van der Waals surface area contributed by atoms with E-state index in [1.807, 2.05) is 42.5 Å². The van der Waals surface area contributed by atoms with Crippen LogP contribution in [-0.4, -0.2) is 26.7 Å². The highest BCUT2D eigenvalue weighted by atomic mass is 16.5. The van der Waals surface area contributed by atoms with Crippen LogP contribution in [0.1, 0.15) is 28.8 Å². The zero-order valence-corrected chi connectivity index (χ0v) is 13.5. The van der Waals surface area contributed by atoms with Crippen LogP contribution in [-0.2, 0) is 5.41 Å². The number of hydrogen-bond donors (Lipinski definition) is 1. The van der Waals surface area contributed by atoms with Gasteiger partial charge in [0.05, 0.1) is 14.2 Å². The lowest BCUT2D eigenvalue weighted by molar-refractivity contribution is 0.0949. The van der Waals surface area contributed by atoms with Crippen molar-refractivity contribution in [1.82, 2.24) is 5.32 Å². The molecular weight excluding hydrogens is 290 g/mol. The molecule has 1 aliphatic carbocycles. The van der Waals surface area contributed by atoms with E-state index < -0.39 is 0 Å². The van der Waals surface area contributed by atoms with Gasteiger partial charge in [-0.15, -0.1) is 0 Å². The van der Waals surface area contributed by atoms with Crippen molar-refractivity contribution in [3.8, 4) is 11.5 Å². The number of benzene rings is 2. The fraction of sp³-hybridized carbons (Fsp3) is 0.316. The number of amides is 1. The van der Waals surface area contributed by atoms with Gasteiger partial charge < -0.3 is 14.8 Å². The second-order valence-corrected chi connectivity index (χ2v) is 5.90. The molecule has 0 unspecified atom stereocenters. The van der Waals surface area contributed by atoms with Crippen LogP contribution in [0.2, 0.25) is 0 Å². The van der Waals surface area contributed by atoms with Crippen molar-refractivity contribution < 1.29 is 14.3 Å². The summed E-state index contributed by atoms with van der Waals surface area (Å²) in [6, 6.07) is 15.3. The summed E-state index contributed by atoms with van der Waals surface area (Å²) in [5.74, 6) is 1.42. The summed E-state index contributed by atoms with van der Waals surface area (Å²) in [4.78, 5) is 12.2. The Hall–Kier alpha value is -2.49. The van der Waals surface area contributed by atoms with Crippen molar-refractivity contribution in [3.63, 3.8) is 0 Å². The molecule has 23 heavy (non-hydrogen) atoms. The number of carbonyl (C=O) groups is 1. The summed E-state index contributed by atoms with van der Waals surface area (Å²) in [6.45, 7) is 0.635. The van der Waals surface area contributed by atoms with Crippen LogP contribution in [0.4, 0.5) is 0 Å². The lowest BCUT2D eigenvalue weighted by Gasteiger charge is -2.18. The number of carbonyl (C=O) groups excluding carboxylic acids is 1. The normalized spacial score (nSPS) is 14.9. The molecule has 0 radical (unpaired) electrons. The summed E-state index contributed by atoms with van der Waals surface area (Å²) >= 11 is 0. The van der Waals surface area contributed by atoms with Crippen LogP contribution in [0.25, 0.3) is 0 Å². The summed E-state index contributed by atoms with van der Waals surface area (Å²) in [5.41, 5.74) is 1.89. The molecule has 0 spiro atoms. The molecule has 120 valence electrons. The van der Waals surface area contributed by atoms with Gasteiger partial charge in [0.1, 0.15) is 0 Å². The molecule has 2 aromatic rings. The van der Waals surface area contributed by atoms with Crippen molar-refractivity contribution >= 4 is 5.91 Å². The van der Waals surface area contributed by atoms with E-state index >= 15 is 0 Å². The van der Waals surface area contributed by atoms with E-state index in [-0.39, 0.29) is 11.3 Å². The molecule has 1 N–H and O–H groups in total. The minimum absolute atomic E-state index is 0.0178. The SMILES string of the molecule is COc1ccc(C2(CNC(=O)c3ccccc3)CC2)cc1OC. The third-order valence-electron chi connectivity index (χ3n) is 4.47. The number of nitrogens with one attached hydrogen (secondary N) is 1. The fourth-order valence-corrected chi connectivity index (χ4v) is 2.83. The van der Waals surface area contributed by atoms with Crippen LogP contribution in [0.3, 0.4) is 0 Å². The highest BCUT2D eigenvalue weighted by Gasteiger charge is 2.44. The average Bonchev–Trinajstić information content (AvgIpc) is 3.41. The first-order valence-corrected chi connectivity index (χ1v) is 7.74. The summed E-state index contributed by atoms with van der Waals surface area (Å²) in [5, 5.41) is 3.06. The summed E-state index contributed by atoms with van der Waals surface area (Å²) in [6.07, 6.45) is 2.13. The molecule has 1 saturated carbocycles. The average molecular weight is 311 g/mol. The van der Waals surface area contributed by atoms with Crippen LogP contribution >= 0.6 is 0 Å². The maximum absolute atomic E-state index is 12.2. The molecule has 2 aromatic carbocycles. The van der Waals surface area contributed by atoms with E-state index in [4.69, 9.17) is 9.47 Å². The smallest absolute Gasteiger partial charge is 0.251 e. The number of ether oxygens (including phenoxy) is 2. The first kappa shape index (κ1) is 15.4. The van der Waals surface area contributed by atoms with E-state index in [0.717, 1.165) is 24.3 Å². The molecule has 4 heteroatoms. The van der Waals surface area contributed by atoms with Gasteiger partial charge >= 0.3 is 0 Å². The predicted octanol–water partition coefficient (Wildman–Crippen LogP) is 3.17. The highest BCUT2D eigenvalue weighted by Crippen LogP contribution is 2.49. The van der Waals surface area contributed by atoms with E-state index in [2.05, 4.69) is 11.4 Å². The summed E-state index contributed by atoms with van der Waals surface area (Å²) < 4.78 is 10.7. The second kappa shape index (κ2) is 6.32. The first-order chi connectivity index (χ1) is 11.2. The zero-order valence-electron chi connectivity index (χ0n) is 13.5. The minimum Gasteiger partial charge on any atom is -0.493 e. The molecule has 1 aliphatic rings. The van der Waals surface area contributed by atoms with Crippen LogP contribution in [0.5, 0.6) is 11.5 Å². The highest BCUT2D eigenvalue weighted by molar-refractivity contribution is 5.94. The lowest BCUT2D eigenvalue weighted by atomic mass is 9.95. The lowest BCUT2D eigenvalue weighted by Crippen LogP contribution is -2.32. The molecule has 0 aliphatic heterocycles. The largest absolute Gasteiger partial charge is 0.493 e. The molecule has 4 nitrogen and oxygen atoms in total. The van der Waals surface area contributed by atoms with Crippen molar-refractivity contribution in [2.24, 2.45) is 0 Å². The van der Waals surface area contributed by atoms with Crippen molar-refractivity contribution in [1.29, 1.82) is 0 Å². The van der Waals surface area contributed by atoms with Crippen molar-refractivity contribution in [2.45, 2.75) is 18.3 Å². The van der Waals surface area contributed by atoms with E-state index in [1.165, 1.54) is 5.56 Å². The van der Waals surface area contributed by atoms with Crippen molar-refractivity contribution in [2.75, 3.05) is 20.8 Å². The monoisotopic (exact) mass is 311 g/mol. The maximum Gasteiger partial charge on any atom is 0.251 e. The molecule has 0 saturated heterocycles. The first-order valence-electron chi connectivity index (χ1n) is 7.74. The molecule has 3 rings (SSSR count). The van der Waals surface area contributed by atoms with Crippen LogP contribution in [0, 0.1) is 0 Å². The fourth-order valence-electron chi connectivity index (χ4n) is 2.83. The molecular formula is C19H21NO3. The standard InChI is InChI=1S/C19H21NO3/c1-22-16-9-8-15(12-17(16)23-2)19(10-11-19)13-20-18(21)14-6-4-3-5-7-14/h3-9,12H,10-11,13H2,1-2H3,(H,20,21). The Bertz CT molecular complexity index is 693. The van der Waals surface area contributed by atoms with Gasteiger partial charge in [-0.05, 0) is 42.7 Å². The van der Waals surface area contributed by atoms with Gasteiger partial charge in [-0.2, -0.15) is 0 Å². The third kappa shape index (κ3) is 3.16. The zero-order chi connectivity index (χ0) is 16.3. The topological polar surface area (TPSA) is 47.6 Å². The van der Waals surface area contributed by atoms with Gasteiger partial charge in [0.2, 0.25) is 0 Å². The molecule has 0 atom stereocenters. The minimum atomic E-state index is -0.0302.